The van der Waals surface area contributed by atoms with E-state index in [9.17, 15) is 4.39 Å². The quantitative estimate of drug-likeness (QED) is 0.383. The molecule has 3 rings (SSSR count). The van der Waals surface area contributed by atoms with Crippen molar-refractivity contribution in [2.24, 2.45) is 0 Å². The van der Waals surface area contributed by atoms with Gasteiger partial charge in [-0.25, -0.2) is 4.39 Å². The number of alkyl halides is 1. The van der Waals surface area contributed by atoms with Gasteiger partial charge in [0.1, 0.15) is 10.2 Å². The highest BCUT2D eigenvalue weighted by Gasteiger charge is 2.18. The third-order valence-electron chi connectivity index (χ3n) is 3.09. The van der Waals surface area contributed by atoms with Gasteiger partial charge in [0, 0.05) is 14.7 Å². The molecule has 5 heteroatoms. The van der Waals surface area contributed by atoms with Crippen molar-refractivity contribution in [1.82, 2.24) is 0 Å². The van der Waals surface area contributed by atoms with Gasteiger partial charge >= 0.3 is 0 Å². The van der Waals surface area contributed by atoms with Gasteiger partial charge in [-0.15, -0.1) is 11.3 Å². The topological polar surface area (TPSA) is 0 Å². The maximum absolute atomic E-state index is 13.9. The van der Waals surface area contributed by atoms with E-state index in [1.807, 2.05) is 30.3 Å². The molecule has 3 aromatic rings. The van der Waals surface area contributed by atoms with Gasteiger partial charge in [0.05, 0.1) is 4.83 Å². The second-order valence-corrected chi connectivity index (χ2v) is 7.77. The Morgan fingerprint density at radius 2 is 1.80 bits per heavy atom. The van der Waals surface area contributed by atoms with Crippen LogP contribution in [-0.2, 0) is 0 Å². The van der Waals surface area contributed by atoms with E-state index in [0.717, 1.165) is 24.6 Å². The molecule has 1 atom stereocenters. The van der Waals surface area contributed by atoms with E-state index in [-0.39, 0.29) is 10.6 Å². The summed E-state index contributed by atoms with van der Waals surface area (Å²) in [6, 6.07) is 12.8. The summed E-state index contributed by atoms with van der Waals surface area (Å²) in [6.45, 7) is 0. The number of hydrogen-bond acceptors (Lipinski definition) is 1. The highest BCUT2D eigenvalue weighted by atomic mass is 79.9. The third-order valence-corrected chi connectivity index (χ3v) is 6.92. The molecule has 20 heavy (non-hydrogen) atoms. The van der Waals surface area contributed by atoms with Crippen LogP contribution in [0.15, 0.2) is 46.9 Å². The predicted molar refractivity (Wildman–Crippen MR) is 91.7 cm³/mol. The van der Waals surface area contributed by atoms with E-state index in [1.165, 1.54) is 17.4 Å². The molecule has 0 spiro atoms. The Morgan fingerprint density at radius 3 is 2.45 bits per heavy atom. The molecule has 0 aliphatic heterocycles. The van der Waals surface area contributed by atoms with Crippen molar-refractivity contribution in [3.8, 4) is 0 Å². The zero-order valence-electron chi connectivity index (χ0n) is 10.0. The van der Waals surface area contributed by atoms with Gasteiger partial charge < -0.3 is 0 Å². The van der Waals surface area contributed by atoms with Crippen LogP contribution in [0.5, 0.6) is 0 Å². The molecule has 0 saturated heterocycles. The first-order chi connectivity index (χ1) is 9.58. The molecule has 102 valence electrons. The monoisotopic (exact) mass is 432 g/mol. The fourth-order valence-corrected chi connectivity index (χ4v) is 4.69. The Bertz CT molecular complexity index is 765. The average molecular weight is 435 g/mol. The number of fused-ring (bicyclic) bond motifs is 1. The van der Waals surface area contributed by atoms with Crippen LogP contribution in [0, 0.1) is 5.82 Å². The van der Waals surface area contributed by atoms with Gasteiger partial charge in [-0.2, -0.15) is 0 Å². The van der Waals surface area contributed by atoms with Gasteiger partial charge in [-0.3, -0.25) is 0 Å². The highest BCUT2D eigenvalue weighted by molar-refractivity contribution is 9.10. The van der Waals surface area contributed by atoms with Gasteiger partial charge in [0.2, 0.25) is 0 Å². The molecule has 0 N–H and O–H groups in total. The summed E-state index contributed by atoms with van der Waals surface area (Å²) in [7, 11) is 0. The lowest BCUT2D eigenvalue weighted by Gasteiger charge is -2.12. The maximum Gasteiger partial charge on any atom is 0.131 e. The Hall–Kier alpha value is -0.420. The molecule has 0 radical (unpaired) electrons. The molecule has 0 saturated carbocycles. The largest absolute Gasteiger partial charge is 0.206 e. The maximum atomic E-state index is 13.9. The zero-order valence-corrected chi connectivity index (χ0v) is 14.8. The molecule has 1 heterocycles. The Kier molecular flexibility index (Phi) is 4.18. The molecule has 0 aliphatic carbocycles. The molecule has 0 fully saturated rings. The molecule has 0 nitrogen and oxygen atoms in total. The molecular weight excluding hydrogens is 426 g/mol. The minimum absolute atomic E-state index is 0.0122. The minimum atomic E-state index is -0.200. The standard InChI is InChI=1S/C15H8Br2ClFS/c16-11-7-13(20-15(11)18)14(17)10-5-6-12(19)9-4-2-1-3-8(9)10/h1-7,14H. The van der Waals surface area contributed by atoms with Crippen LogP contribution in [0.4, 0.5) is 4.39 Å². The number of halogens is 4. The fraction of sp³-hybridized carbons (Fsp3) is 0.0667. The van der Waals surface area contributed by atoms with E-state index in [0.29, 0.717) is 5.39 Å². The first kappa shape index (κ1) is 14.5. The lowest BCUT2D eigenvalue weighted by atomic mass is 10.0. The molecular formula is C15H8Br2ClFS. The van der Waals surface area contributed by atoms with E-state index < -0.39 is 0 Å². The molecule has 0 amide bonds. The van der Waals surface area contributed by atoms with Crippen molar-refractivity contribution < 1.29 is 4.39 Å². The van der Waals surface area contributed by atoms with Crippen LogP contribution in [0.1, 0.15) is 15.3 Å². The summed E-state index contributed by atoms with van der Waals surface area (Å²) in [5, 5.41) is 1.55. The average Bonchev–Trinajstić information content (AvgIpc) is 2.79. The summed E-state index contributed by atoms with van der Waals surface area (Å²) in [6.07, 6.45) is 0. The van der Waals surface area contributed by atoms with E-state index in [4.69, 9.17) is 11.6 Å². The van der Waals surface area contributed by atoms with E-state index >= 15 is 0 Å². The first-order valence-electron chi connectivity index (χ1n) is 5.84. The molecule has 1 unspecified atom stereocenters. The van der Waals surface area contributed by atoms with E-state index in [1.54, 1.807) is 6.07 Å². The molecule has 1 aromatic heterocycles. The van der Waals surface area contributed by atoms with Crippen molar-refractivity contribution in [2.75, 3.05) is 0 Å². The van der Waals surface area contributed by atoms with Crippen molar-refractivity contribution in [3.63, 3.8) is 0 Å². The Balaban J connectivity index is 2.17. The number of rotatable bonds is 2. The van der Waals surface area contributed by atoms with Crippen LogP contribution >= 0.6 is 54.8 Å². The van der Waals surface area contributed by atoms with Crippen molar-refractivity contribution in [1.29, 1.82) is 0 Å². The van der Waals surface area contributed by atoms with Crippen LogP contribution < -0.4 is 0 Å². The minimum Gasteiger partial charge on any atom is -0.206 e. The predicted octanol–water partition coefficient (Wildman–Crippen LogP) is 6.94. The highest BCUT2D eigenvalue weighted by Crippen LogP contribution is 2.43. The lowest BCUT2D eigenvalue weighted by Crippen LogP contribution is -1.93. The number of thiophene rings is 1. The zero-order chi connectivity index (χ0) is 14.3. The van der Waals surface area contributed by atoms with E-state index in [2.05, 4.69) is 31.9 Å². The van der Waals surface area contributed by atoms with Gasteiger partial charge in [-0.1, -0.05) is 57.9 Å². The molecule has 2 aromatic carbocycles. The van der Waals surface area contributed by atoms with Crippen LogP contribution in [-0.4, -0.2) is 0 Å². The Labute approximate surface area is 141 Å². The van der Waals surface area contributed by atoms with Gasteiger partial charge in [0.15, 0.2) is 0 Å². The summed E-state index contributed by atoms with van der Waals surface area (Å²) in [5.41, 5.74) is 1.03. The SMILES string of the molecule is Fc1ccc(C(Br)c2cc(Br)c(Cl)s2)c2ccccc12. The lowest BCUT2D eigenvalue weighted by molar-refractivity contribution is 0.639. The van der Waals surface area contributed by atoms with Crippen LogP contribution in [0.3, 0.4) is 0 Å². The molecule has 0 aliphatic rings. The first-order valence-corrected chi connectivity index (χ1v) is 8.74. The number of hydrogen-bond donors (Lipinski definition) is 0. The molecule has 0 bridgehead atoms. The van der Waals surface area contributed by atoms with Crippen molar-refractivity contribution >= 4 is 65.6 Å². The normalized spacial score (nSPS) is 12.8. The van der Waals surface area contributed by atoms with Crippen LogP contribution in [0.2, 0.25) is 4.34 Å². The number of benzene rings is 2. The second kappa shape index (κ2) is 5.76. The van der Waals surface area contributed by atoms with Gasteiger partial charge in [0.25, 0.3) is 0 Å². The summed E-state index contributed by atoms with van der Waals surface area (Å²) in [4.78, 5) is 1.07. The van der Waals surface area contributed by atoms with Gasteiger partial charge in [-0.05, 0) is 39.0 Å². The summed E-state index contributed by atoms with van der Waals surface area (Å²) >= 11 is 14.7. The fourth-order valence-electron chi connectivity index (χ4n) is 2.15. The summed E-state index contributed by atoms with van der Waals surface area (Å²) < 4.78 is 15.5. The second-order valence-electron chi connectivity index (χ2n) is 4.32. The Morgan fingerprint density at radius 1 is 1.10 bits per heavy atom. The summed E-state index contributed by atoms with van der Waals surface area (Å²) in [5.74, 6) is -0.200. The van der Waals surface area contributed by atoms with Crippen molar-refractivity contribution in [2.45, 2.75) is 4.83 Å². The third kappa shape index (κ3) is 2.54. The van der Waals surface area contributed by atoms with Crippen molar-refractivity contribution in [3.05, 3.63) is 67.5 Å². The smallest absolute Gasteiger partial charge is 0.131 e. The van der Waals surface area contributed by atoms with Crippen LogP contribution in [0.25, 0.3) is 10.8 Å².